The average molecular weight is 341 g/mol. The van der Waals surface area contributed by atoms with E-state index < -0.39 is 0 Å². The molecule has 3 rings (SSSR count). The molecule has 2 aromatic heterocycles. The number of aryl methyl sites for hydroxylation is 1. The van der Waals surface area contributed by atoms with E-state index in [0.29, 0.717) is 6.42 Å². The maximum absolute atomic E-state index is 11.1. The van der Waals surface area contributed by atoms with Crippen LogP contribution in [0.25, 0.3) is 21.3 Å². The normalized spacial score (nSPS) is 11.0. The third kappa shape index (κ3) is 4.23. The Bertz CT molecular complexity index is 806. The second kappa shape index (κ2) is 8.11. The number of aromatic nitrogens is 2. The number of hydrogen-bond acceptors (Lipinski definition) is 3. The standard InChI is InChI=1S/C19H23N3OS/c1-20-19(23)7-5-3-2-4-6-18-21-13-16(22-18)14-8-9-17-15(12-14)10-11-24-17/h8-13H,2-7H2,1H3,(H,20,23)(H,21,22). The van der Waals surface area contributed by atoms with Crippen LogP contribution >= 0.6 is 11.3 Å². The van der Waals surface area contributed by atoms with Crippen LogP contribution in [0.3, 0.4) is 0 Å². The van der Waals surface area contributed by atoms with Gasteiger partial charge in [-0.1, -0.05) is 18.9 Å². The third-order valence-corrected chi connectivity index (χ3v) is 5.14. The minimum atomic E-state index is 0.133. The molecule has 0 radical (unpaired) electrons. The number of nitrogens with one attached hydrogen (secondary N) is 2. The van der Waals surface area contributed by atoms with E-state index in [-0.39, 0.29) is 5.91 Å². The second-order valence-corrected chi connectivity index (χ2v) is 6.95. The summed E-state index contributed by atoms with van der Waals surface area (Å²) in [4.78, 5) is 19.1. The van der Waals surface area contributed by atoms with Gasteiger partial charge in [0.05, 0.1) is 11.9 Å². The van der Waals surface area contributed by atoms with Gasteiger partial charge < -0.3 is 10.3 Å². The molecule has 5 heteroatoms. The molecular formula is C19H23N3OS. The van der Waals surface area contributed by atoms with Gasteiger partial charge in [0, 0.05) is 30.2 Å². The van der Waals surface area contributed by atoms with Crippen molar-refractivity contribution in [2.45, 2.75) is 38.5 Å². The minimum absolute atomic E-state index is 0.133. The molecule has 0 atom stereocenters. The molecule has 24 heavy (non-hydrogen) atoms. The number of carbonyl (C=O) groups excluding carboxylic acids is 1. The minimum Gasteiger partial charge on any atom is -0.359 e. The summed E-state index contributed by atoms with van der Waals surface area (Å²) in [6, 6.07) is 8.68. The van der Waals surface area contributed by atoms with E-state index in [4.69, 9.17) is 0 Å². The molecule has 0 saturated carbocycles. The first-order valence-corrected chi connectivity index (χ1v) is 9.36. The zero-order valence-electron chi connectivity index (χ0n) is 14.0. The maximum Gasteiger partial charge on any atom is 0.219 e. The number of imidazole rings is 1. The highest BCUT2D eigenvalue weighted by Crippen LogP contribution is 2.26. The monoisotopic (exact) mass is 341 g/mol. The van der Waals surface area contributed by atoms with E-state index >= 15 is 0 Å². The van der Waals surface area contributed by atoms with E-state index in [2.05, 4.69) is 44.9 Å². The van der Waals surface area contributed by atoms with Gasteiger partial charge in [-0.05, 0) is 41.8 Å². The number of carbonyl (C=O) groups is 1. The Kier molecular flexibility index (Phi) is 5.64. The summed E-state index contributed by atoms with van der Waals surface area (Å²) in [6.07, 6.45) is 7.80. The number of aromatic amines is 1. The van der Waals surface area contributed by atoms with Crippen molar-refractivity contribution in [1.82, 2.24) is 15.3 Å². The zero-order chi connectivity index (χ0) is 16.8. The number of benzene rings is 1. The van der Waals surface area contributed by atoms with Gasteiger partial charge in [0.2, 0.25) is 5.91 Å². The van der Waals surface area contributed by atoms with Gasteiger partial charge in [-0.25, -0.2) is 4.98 Å². The lowest BCUT2D eigenvalue weighted by atomic mass is 10.1. The molecule has 0 unspecified atom stereocenters. The maximum atomic E-state index is 11.1. The van der Waals surface area contributed by atoms with E-state index in [1.807, 2.05) is 6.20 Å². The van der Waals surface area contributed by atoms with E-state index in [1.54, 1.807) is 18.4 Å². The van der Waals surface area contributed by atoms with Gasteiger partial charge in [-0.2, -0.15) is 0 Å². The molecule has 0 saturated heterocycles. The molecule has 4 nitrogen and oxygen atoms in total. The van der Waals surface area contributed by atoms with Crippen LogP contribution in [0, 0.1) is 0 Å². The fourth-order valence-electron chi connectivity index (χ4n) is 2.83. The number of H-pyrrole nitrogens is 1. The summed E-state index contributed by atoms with van der Waals surface area (Å²) in [5.41, 5.74) is 2.27. The number of amides is 1. The molecule has 0 aliphatic rings. The number of thiophene rings is 1. The quantitative estimate of drug-likeness (QED) is 0.591. The van der Waals surface area contributed by atoms with Crippen molar-refractivity contribution < 1.29 is 4.79 Å². The predicted octanol–water partition coefficient (Wildman–Crippen LogP) is 4.53. The summed E-state index contributed by atoms with van der Waals surface area (Å²) in [6.45, 7) is 0. The van der Waals surface area contributed by atoms with Gasteiger partial charge in [0.25, 0.3) is 0 Å². The Labute approximate surface area is 146 Å². The van der Waals surface area contributed by atoms with Crippen LogP contribution in [0.5, 0.6) is 0 Å². The van der Waals surface area contributed by atoms with E-state index in [9.17, 15) is 4.79 Å². The number of fused-ring (bicyclic) bond motifs is 1. The number of rotatable bonds is 8. The lowest BCUT2D eigenvalue weighted by molar-refractivity contribution is -0.120. The van der Waals surface area contributed by atoms with Crippen LogP contribution in [0.4, 0.5) is 0 Å². The first kappa shape index (κ1) is 16.7. The van der Waals surface area contributed by atoms with Crippen LogP contribution in [0.2, 0.25) is 0 Å². The molecule has 3 aromatic rings. The van der Waals surface area contributed by atoms with Crippen LogP contribution in [-0.2, 0) is 11.2 Å². The SMILES string of the molecule is CNC(=O)CCCCCCc1ncc(-c2ccc3sccc3c2)[nH]1. The van der Waals surface area contributed by atoms with Gasteiger partial charge in [-0.3, -0.25) is 4.79 Å². The van der Waals surface area contributed by atoms with Gasteiger partial charge in [-0.15, -0.1) is 11.3 Å². The van der Waals surface area contributed by atoms with Crippen molar-refractivity contribution in [3.05, 3.63) is 41.7 Å². The molecule has 1 amide bonds. The molecule has 2 heterocycles. The van der Waals surface area contributed by atoms with Crippen molar-refractivity contribution in [3.8, 4) is 11.3 Å². The van der Waals surface area contributed by atoms with E-state index in [0.717, 1.165) is 43.6 Å². The molecular weight excluding hydrogens is 318 g/mol. The topological polar surface area (TPSA) is 57.8 Å². The van der Waals surface area contributed by atoms with Crippen molar-refractivity contribution in [3.63, 3.8) is 0 Å². The van der Waals surface area contributed by atoms with E-state index in [1.165, 1.54) is 15.6 Å². The largest absolute Gasteiger partial charge is 0.359 e. The second-order valence-electron chi connectivity index (χ2n) is 6.00. The molecule has 0 bridgehead atoms. The number of unbranched alkanes of at least 4 members (excludes halogenated alkanes) is 3. The summed E-state index contributed by atoms with van der Waals surface area (Å²) in [5.74, 6) is 1.18. The summed E-state index contributed by atoms with van der Waals surface area (Å²) >= 11 is 1.77. The van der Waals surface area contributed by atoms with Crippen LogP contribution < -0.4 is 5.32 Å². The van der Waals surface area contributed by atoms with Crippen molar-refractivity contribution in [2.75, 3.05) is 7.05 Å². The Morgan fingerprint density at radius 3 is 2.96 bits per heavy atom. The lowest BCUT2D eigenvalue weighted by Gasteiger charge is -2.01. The average Bonchev–Trinajstić information content (AvgIpc) is 3.25. The first-order chi connectivity index (χ1) is 11.8. The summed E-state index contributed by atoms with van der Waals surface area (Å²) < 4.78 is 1.32. The lowest BCUT2D eigenvalue weighted by Crippen LogP contribution is -2.16. The summed E-state index contributed by atoms with van der Waals surface area (Å²) in [7, 11) is 1.69. The summed E-state index contributed by atoms with van der Waals surface area (Å²) in [5, 5.41) is 6.06. The molecule has 0 fully saturated rings. The Balaban J connectivity index is 1.48. The highest BCUT2D eigenvalue weighted by atomic mass is 32.1. The van der Waals surface area contributed by atoms with Crippen LogP contribution in [0.1, 0.15) is 37.9 Å². The number of nitrogens with zero attached hydrogens (tertiary/aromatic N) is 1. The van der Waals surface area contributed by atoms with Gasteiger partial charge >= 0.3 is 0 Å². The predicted molar refractivity (Wildman–Crippen MR) is 100 cm³/mol. The Morgan fingerprint density at radius 1 is 1.21 bits per heavy atom. The molecule has 1 aromatic carbocycles. The van der Waals surface area contributed by atoms with Crippen LogP contribution in [-0.4, -0.2) is 22.9 Å². The molecule has 0 spiro atoms. The highest BCUT2D eigenvalue weighted by molar-refractivity contribution is 7.17. The van der Waals surface area contributed by atoms with Crippen molar-refractivity contribution in [2.24, 2.45) is 0 Å². The smallest absolute Gasteiger partial charge is 0.219 e. The fourth-order valence-corrected chi connectivity index (χ4v) is 3.60. The van der Waals surface area contributed by atoms with Crippen molar-refractivity contribution in [1.29, 1.82) is 0 Å². The van der Waals surface area contributed by atoms with Crippen molar-refractivity contribution >= 4 is 27.3 Å². The van der Waals surface area contributed by atoms with Crippen LogP contribution in [0.15, 0.2) is 35.8 Å². The molecule has 126 valence electrons. The first-order valence-electron chi connectivity index (χ1n) is 8.48. The Hall–Kier alpha value is -2.14. The van der Waals surface area contributed by atoms with Gasteiger partial charge in [0.1, 0.15) is 5.82 Å². The molecule has 2 N–H and O–H groups in total. The van der Waals surface area contributed by atoms with Gasteiger partial charge in [0.15, 0.2) is 0 Å². The molecule has 0 aliphatic heterocycles. The fraction of sp³-hybridized carbons (Fsp3) is 0.368. The number of hydrogen-bond donors (Lipinski definition) is 2. The molecule has 0 aliphatic carbocycles. The third-order valence-electron chi connectivity index (χ3n) is 4.24. The zero-order valence-corrected chi connectivity index (χ0v) is 14.8. The highest BCUT2D eigenvalue weighted by Gasteiger charge is 2.05. The Morgan fingerprint density at radius 2 is 2.08 bits per heavy atom.